The molecule has 0 radical (unpaired) electrons. The van der Waals surface area contributed by atoms with Crippen LogP contribution in [0.4, 0.5) is 0 Å². The summed E-state index contributed by atoms with van der Waals surface area (Å²) in [6.45, 7) is 2.08. The number of hydrogen-bond acceptors (Lipinski definition) is 2. The molecule has 3 heteroatoms. The second-order valence-corrected chi connectivity index (χ2v) is 9.09. The Balaban J connectivity index is 1.60. The smallest absolute Gasteiger partial charge is 0.111 e. The molecule has 0 atom stereocenters. The van der Waals surface area contributed by atoms with Gasteiger partial charge in [0.2, 0.25) is 0 Å². The van der Waals surface area contributed by atoms with Gasteiger partial charge in [0, 0.05) is 17.1 Å². The highest BCUT2D eigenvalue weighted by molar-refractivity contribution is 6.12. The van der Waals surface area contributed by atoms with Gasteiger partial charge < -0.3 is 0 Å². The molecular weight excluding hydrogens is 438 g/mol. The number of pyridine rings is 1. The van der Waals surface area contributed by atoms with Gasteiger partial charge in [0.05, 0.1) is 22.4 Å². The Kier molecular flexibility index (Phi) is 4.68. The summed E-state index contributed by atoms with van der Waals surface area (Å²) in [5, 5.41) is 4.84. The molecule has 0 unspecified atom stereocenters. The van der Waals surface area contributed by atoms with E-state index in [-0.39, 0.29) is 0 Å². The average Bonchev–Trinajstić information content (AvgIpc) is 3.27. The van der Waals surface area contributed by atoms with E-state index >= 15 is 0 Å². The largest absolute Gasteiger partial charge is 0.296 e. The minimum atomic E-state index is 0.977. The minimum absolute atomic E-state index is 0.977. The van der Waals surface area contributed by atoms with Gasteiger partial charge in [-0.15, -0.1) is 0 Å². The number of nitrogens with zero attached hydrogens (tertiary/aromatic N) is 3. The van der Waals surface area contributed by atoms with E-state index in [0.717, 1.165) is 33.8 Å². The van der Waals surface area contributed by atoms with Gasteiger partial charge in [-0.3, -0.25) is 9.55 Å². The van der Waals surface area contributed by atoms with Gasteiger partial charge in [0.25, 0.3) is 0 Å². The van der Waals surface area contributed by atoms with Crippen LogP contribution in [0.5, 0.6) is 0 Å². The van der Waals surface area contributed by atoms with Crippen molar-refractivity contribution in [3.8, 4) is 28.1 Å². The zero-order valence-electron chi connectivity index (χ0n) is 19.9. The van der Waals surface area contributed by atoms with Crippen LogP contribution < -0.4 is 0 Å². The first-order valence-electron chi connectivity index (χ1n) is 12.2. The maximum absolute atomic E-state index is 4.86. The molecule has 0 aliphatic carbocycles. The number of benzene rings is 5. The number of aryl methyl sites for hydroxylation is 1. The van der Waals surface area contributed by atoms with Gasteiger partial charge in [-0.2, -0.15) is 0 Å². The molecule has 3 nitrogen and oxygen atoms in total. The number of hydrogen-bond donors (Lipinski definition) is 0. The zero-order valence-corrected chi connectivity index (χ0v) is 19.9. The molecule has 0 spiro atoms. The molecule has 2 aromatic heterocycles. The number of fused-ring (bicyclic) bond motifs is 3. The third-order valence-electron chi connectivity index (χ3n) is 6.99. The molecule has 0 aliphatic rings. The second kappa shape index (κ2) is 8.17. The van der Waals surface area contributed by atoms with Crippen molar-refractivity contribution in [3.05, 3.63) is 127 Å². The minimum Gasteiger partial charge on any atom is -0.296 e. The number of aromatic nitrogens is 3. The fraction of sp³-hybridized carbons (Fsp3) is 0.0303. The third-order valence-corrected chi connectivity index (χ3v) is 6.99. The second-order valence-electron chi connectivity index (χ2n) is 9.09. The molecule has 0 aliphatic heterocycles. The summed E-state index contributed by atoms with van der Waals surface area (Å²) in [7, 11) is 0. The van der Waals surface area contributed by atoms with E-state index in [1.54, 1.807) is 0 Å². The van der Waals surface area contributed by atoms with Crippen LogP contribution in [0, 0.1) is 6.92 Å². The van der Waals surface area contributed by atoms with E-state index in [0.29, 0.717) is 0 Å². The fourth-order valence-electron chi connectivity index (χ4n) is 5.48. The molecule has 7 rings (SSSR count). The van der Waals surface area contributed by atoms with Crippen molar-refractivity contribution in [3.63, 3.8) is 0 Å². The van der Waals surface area contributed by atoms with E-state index in [9.17, 15) is 0 Å². The molecule has 170 valence electrons. The summed E-state index contributed by atoms with van der Waals surface area (Å²) in [6, 6.07) is 40.6. The molecule has 0 N–H and O–H groups in total. The third kappa shape index (κ3) is 3.14. The molecule has 0 bridgehead atoms. The van der Waals surface area contributed by atoms with Gasteiger partial charge in [-0.25, -0.2) is 4.98 Å². The number of para-hydroxylation sites is 2. The Morgan fingerprint density at radius 2 is 1.19 bits per heavy atom. The predicted octanol–water partition coefficient (Wildman–Crippen LogP) is 8.37. The van der Waals surface area contributed by atoms with E-state index in [1.807, 2.05) is 24.4 Å². The Hall–Kier alpha value is -4.76. The standard InChI is InChI=1S/C33H23N3/c1-22-35-29-18-2-3-19-30(29)36(22)31-20-9-13-24-12-7-15-26(33(24)31)25-14-6-10-23-11-8-16-27(32(23)25)28-17-4-5-21-34-28/h2-21H,1H3. The Morgan fingerprint density at radius 1 is 0.556 bits per heavy atom. The summed E-state index contributed by atoms with van der Waals surface area (Å²) in [5.41, 5.74) is 7.79. The van der Waals surface area contributed by atoms with Crippen molar-refractivity contribution in [1.82, 2.24) is 14.5 Å². The Bertz CT molecular complexity index is 1890. The highest BCUT2D eigenvalue weighted by atomic mass is 15.1. The molecule has 7 aromatic rings. The van der Waals surface area contributed by atoms with Crippen LogP contribution in [0.1, 0.15) is 5.82 Å². The molecule has 5 aromatic carbocycles. The first-order valence-corrected chi connectivity index (χ1v) is 12.2. The normalized spacial score (nSPS) is 11.5. The van der Waals surface area contributed by atoms with Gasteiger partial charge in [0.1, 0.15) is 5.82 Å². The summed E-state index contributed by atoms with van der Waals surface area (Å²) >= 11 is 0. The average molecular weight is 462 g/mol. The molecular formula is C33H23N3. The van der Waals surface area contributed by atoms with Crippen LogP contribution in [0.2, 0.25) is 0 Å². The monoisotopic (exact) mass is 461 g/mol. The Morgan fingerprint density at radius 3 is 1.94 bits per heavy atom. The summed E-state index contributed by atoms with van der Waals surface area (Å²) in [4.78, 5) is 9.54. The molecule has 2 heterocycles. The van der Waals surface area contributed by atoms with Crippen molar-refractivity contribution in [2.45, 2.75) is 6.92 Å². The van der Waals surface area contributed by atoms with Gasteiger partial charge in [-0.1, -0.05) is 84.9 Å². The summed E-state index contributed by atoms with van der Waals surface area (Å²) in [5.74, 6) is 0.977. The molecule has 0 saturated heterocycles. The van der Waals surface area contributed by atoms with Crippen LogP contribution >= 0.6 is 0 Å². The van der Waals surface area contributed by atoms with Crippen molar-refractivity contribution < 1.29 is 0 Å². The highest BCUT2D eigenvalue weighted by Gasteiger charge is 2.17. The van der Waals surface area contributed by atoms with E-state index < -0.39 is 0 Å². The van der Waals surface area contributed by atoms with Gasteiger partial charge in [0.15, 0.2) is 0 Å². The number of imidazole rings is 1. The molecule has 0 amide bonds. The van der Waals surface area contributed by atoms with Crippen molar-refractivity contribution in [1.29, 1.82) is 0 Å². The lowest BCUT2D eigenvalue weighted by atomic mass is 9.90. The van der Waals surface area contributed by atoms with Crippen LogP contribution in [-0.4, -0.2) is 14.5 Å². The fourth-order valence-corrected chi connectivity index (χ4v) is 5.48. The van der Waals surface area contributed by atoms with Crippen molar-refractivity contribution in [2.75, 3.05) is 0 Å². The van der Waals surface area contributed by atoms with E-state index in [2.05, 4.69) is 114 Å². The zero-order chi connectivity index (χ0) is 24.1. The maximum atomic E-state index is 4.86. The summed E-state index contributed by atoms with van der Waals surface area (Å²) < 4.78 is 2.28. The summed E-state index contributed by atoms with van der Waals surface area (Å²) in [6.07, 6.45) is 1.86. The van der Waals surface area contributed by atoms with Crippen molar-refractivity contribution >= 4 is 32.6 Å². The van der Waals surface area contributed by atoms with Crippen molar-refractivity contribution in [2.24, 2.45) is 0 Å². The maximum Gasteiger partial charge on any atom is 0.111 e. The van der Waals surface area contributed by atoms with Crippen LogP contribution in [0.25, 0.3) is 60.6 Å². The van der Waals surface area contributed by atoms with Crippen LogP contribution in [0.3, 0.4) is 0 Å². The highest BCUT2D eigenvalue weighted by Crippen LogP contribution is 2.41. The first kappa shape index (κ1) is 20.6. The predicted molar refractivity (Wildman–Crippen MR) is 149 cm³/mol. The topological polar surface area (TPSA) is 30.7 Å². The SMILES string of the molecule is Cc1nc2ccccc2n1-c1cccc2cccc(-c3cccc4cccc(-c5ccccn5)c34)c12. The molecule has 36 heavy (non-hydrogen) atoms. The van der Waals surface area contributed by atoms with Gasteiger partial charge in [-0.05, 0) is 64.5 Å². The lowest BCUT2D eigenvalue weighted by molar-refractivity contribution is 1.01. The number of rotatable bonds is 3. The van der Waals surface area contributed by atoms with E-state index in [4.69, 9.17) is 4.98 Å². The quantitative estimate of drug-likeness (QED) is 0.265. The van der Waals surface area contributed by atoms with Crippen LogP contribution in [-0.2, 0) is 0 Å². The van der Waals surface area contributed by atoms with Crippen LogP contribution in [0.15, 0.2) is 121 Å². The van der Waals surface area contributed by atoms with E-state index in [1.165, 1.54) is 32.7 Å². The van der Waals surface area contributed by atoms with Gasteiger partial charge >= 0.3 is 0 Å². The first-order chi connectivity index (χ1) is 17.8. The Labute approximate surface area is 209 Å². The molecule has 0 saturated carbocycles. The molecule has 0 fully saturated rings. The lowest BCUT2D eigenvalue weighted by Crippen LogP contribution is -1.99. The lowest BCUT2D eigenvalue weighted by Gasteiger charge is -2.17.